The van der Waals surface area contributed by atoms with Gasteiger partial charge in [-0.1, -0.05) is 29.8 Å². The summed E-state index contributed by atoms with van der Waals surface area (Å²) in [6, 6.07) is 14.3. The molecule has 1 heterocycles. The summed E-state index contributed by atoms with van der Waals surface area (Å²) in [4.78, 5) is 14.7. The number of hydrogen-bond donors (Lipinski definition) is 1. The quantitative estimate of drug-likeness (QED) is 0.940. The van der Waals surface area contributed by atoms with Gasteiger partial charge >= 0.3 is 0 Å². The number of carbonyl (C=O) groups excluding carboxylic acids is 1. The molecule has 0 spiro atoms. The highest BCUT2D eigenvalue weighted by Gasteiger charge is 2.11. The van der Waals surface area contributed by atoms with Crippen LogP contribution in [0.2, 0.25) is 0 Å². The number of amides is 1. The van der Waals surface area contributed by atoms with Crippen LogP contribution >= 0.6 is 0 Å². The van der Waals surface area contributed by atoms with Crippen LogP contribution in [0.5, 0.6) is 0 Å². The first-order chi connectivity index (χ1) is 11.6. The molecular formula is C20H24N2O2. The molecule has 0 saturated carbocycles. The zero-order chi connectivity index (χ0) is 16.9. The standard InChI is InChI=1S/C20H24N2O2/c1-15-3-4-16(2)19(13-15)20(23)21-14-17-5-7-18(8-6-17)22-9-11-24-12-10-22/h3-8,13H,9-12,14H2,1-2H3,(H,21,23). The van der Waals surface area contributed by atoms with E-state index in [0.717, 1.165) is 48.6 Å². The minimum absolute atomic E-state index is 0.0199. The summed E-state index contributed by atoms with van der Waals surface area (Å²) < 4.78 is 5.38. The smallest absolute Gasteiger partial charge is 0.251 e. The van der Waals surface area contributed by atoms with E-state index in [1.807, 2.05) is 32.0 Å². The Kier molecular flexibility index (Phi) is 5.16. The molecule has 1 saturated heterocycles. The monoisotopic (exact) mass is 324 g/mol. The number of hydrogen-bond acceptors (Lipinski definition) is 3. The molecule has 2 aromatic carbocycles. The van der Waals surface area contributed by atoms with Gasteiger partial charge in [-0.3, -0.25) is 4.79 Å². The number of morpholine rings is 1. The van der Waals surface area contributed by atoms with Crippen molar-refractivity contribution in [2.75, 3.05) is 31.2 Å². The van der Waals surface area contributed by atoms with Crippen molar-refractivity contribution in [3.05, 3.63) is 64.7 Å². The van der Waals surface area contributed by atoms with Crippen LogP contribution in [0.3, 0.4) is 0 Å². The first kappa shape index (κ1) is 16.5. The van der Waals surface area contributed by atoms with Gasteiger partial charge in [0.15, 0.2) is 0 Å². The Labute approximate surface area is 143 Å². The number of ether oxygens (including phenoxy) is 1. The Hall–Kier alpha value is -2.33. The first-order valence-corrected chi connectivity index (χ1v) is 8.40. The Balaban J connectivity index is 1.60. The lowest BCUT2D eigenvalue weighted by Gasteiger charge is -2.28. The molecule has 4 heteroatoms. The topological polar surface area (TPSA) is 41.6 Å². The van der Waals surface area contributed by atoms with Crippen LogP contribution in [0.1, 0.15) is 27.0 Å². The van der Waals surface area contributed by atoms with Crippen LogP contribution in [-0.2, 0) is 11.3 Å². The average molecular weight is 324 g/mol. The number of nitrogens with one attached hydrogen (secondary N) is 1. The molecule has 126 valence electrons. The molecule has 4 nitrogen and oxygen atoms in total. The average Bonchev–Trinajstić information content (AvgIpc) is 2.63. The molecule has 2 aromatic rings. The first-order valence-electron chi connectivity index (χ1n) is 8.40. The molecule has 0 aliphatic carbocycles. The van der Waals surface area contributed by atoms with Gasteiger partial charge in [0, 0.05) is 30.9 Å². The van der Waals surface area contributed by atoms with E-state index in [2.05, 4.69) is 34.5 Å². The van der Waals surface area contributed by atoms with Gasteiger partial charge < -0.3 is 15.0 Å². The van der Waals surface area contributed by atoms with Gasteiger partial charge in [0.25, 0.3) is 5.91 Å². The highest BCUT2D eigenvalue weighted by atomic mass is 16.5. The van der Waals surface area contributed by atoms with Gasteiger partial charge in [-0.2, -0.15) is 0 Å². The Morgan fingerprint density at radius 3 is 2.50 bits per heavy atom. The minimum Gasteiger partial charge on any atom is -0.378 e. The summed E-state index contributed by atoms with van der Waals surface area (Å²) in [5.74, 6) is -0.0199. The summed E-state index contributed by atoms with van der Waals surface area (Å²) in [6.45, 7) is 7.94. The van der Waals surface area contributed by atoms with Crippen molar-refractivity contribution in [1.82, 2.24) is 5.32 Å². The van der Waals surface area contributed by atoms with E-state index in [1.54, 1.807) is 0 Å². The Morgan fingerprint density at radius 2 is 1.79 bits per heavy atom. The van der Waals surface area contributed by atoms with Crippen molar-refractivity contribution in [3.63, 3.8) is 0 Å². The van der Waals surface area contributed by atoms with Gasteiger partial charge in [-0.25, -0.2) is 0 Å². The maximum atomic E-state index is 12.4. The van der Waals surface area contributed by atoms with Crippen molar-refractivity contribution >= 4 is 11.6 Å². The normalized spacial score (nSPS) is 14.5. The van der Waals surface area contributed by atoms with Gasteiger partial charge in [-0.15, -0.1) is 0 Å². The van der Waals surface area contributed by atoms with E-state index in [0.29, 0.717) is 6.54 Å². The second-order valence-corrected chi connectivity index (χ2v) is 6.27. The molecule has 1 N–H and O–H groups in total. The number of carbonyl (C=O) groups is 1. The van der Waals surface area contributed by atoms with Crippen LogP contribution in [-0.4, -0.2) is 32.2 Å². The Morgan fingerprint density at radius 1 is 1.08 bits per heavy atom. The van der Waals surface area contributed by atoms with E-state index >= 15 is 0 Å². The lowest BCUT2D eigenvalue weighted by atomic mass is 10.0. The largest absolute Gasteiger partial charge is 0.378 e. The van der Waals surface area contributed by atoms with Crippen molar-refractivity contribution in [1.29, 1.82) is 0 Å². The van der Waals surface area contributed by atoms with Crippen LogP contribution in [0, 0.1) is 13.8 Å². The molecule has 0 atom stereocenters. The number of benzene rings is 2. The van der Waals surface area contributed by atoms with Crippen molar-refractivity contribution < 1.29 is 9.53 Å². The highest BCUT2D eigenvalue weighted by Crippen LogP contribution is 2.17. The van der Waals surface area contributed by atoms with E-state index in [1.165, 1.54) is 5.69 Å². The third kappa shape index (κ3) is 3.95. The fraction of sp³-hybridized carbons (Fsp3) is 0.350. The number of nitrogens with zero attached hydrogens (tertiary/aromatic N) is 1. The van der Waals surface area contributed by atoms with Crippen molar-refractivity contribution in [3.8, 4) is 0 Å². The molecule has 24 heavy (non-hydrogen) atoms. The van der Waals surface area contributed by atoms with Gasteiger partial charge in [0.2, 0.25) is 0 Å². The lowest BCUT2D eigenvalue weighted by Crippen LogP contribution is -2.36. The predicted molar refractivity (Wildman–Crippen MR) is 96.6 cm³/mol. The second-order valence-electron chi connectivity index (χ2n) is 6.27. The molecule has 3 rings (SSSR count). The number of anilines is 1. The van der Waals surface area contributed by atoms with Crippen LogP contribution in [0.15, 0.2) is 42.5 Å². The van der Waals surface area contributed by atoms with Gasteiger partial charge in [-0.05, 0) is 43.2 Å². The Bertz CT molecular complexity index is 704. The fourth-order valence-electron chi connectivity index (χ4n) is 2.90. The summed E-state index contributed by atoms with van der Waals surface area (Å²) in [6.07, 6.45) is 0. The van der Waals surface area contributed by atoms with E-state index in [9.17, 15) is 4.79 Å². The molecule has 0 unspecified atom stereocenters. The second kappa shape index (κ2) is 7.49. The minimum atomic E-state index is -0.0199. The number of aryl methyl sites for hydroxylation is 2. The SMILES string of the molecule is Cc1ccc(C)c(C(=O)NCc2ccc(N3CCOCC3)cc2)c1. The van der Waals surface area contributed by atoms with Crippen molar-refractivity contribution in [2.45, 2.75) is 20.4 Å². The maximum absolute atomic E-state index is 12.4. The van der Waals surface area contributed by atoms with Crippen LogP contribution in [0.4, 0.5) is 5.69 Å². The predicted octanol–water partition coefficient (Wildman–Crippen LogP) is 3.07. The van der Waals surface area contributed by atoms with Crippen molar-refractivity contribution in [2.24, 2.45) is 0 Å². The van der Waals surface area contributed by atoms with E-state index in [-0.39, 0.29) is 5.91 Å². The summed E-state index contributed by atoms with van der Waals surface area (Å²) in [5.41, 5.74) is 5.16. The van der Waals surface area contributed by atoms with Gasteiger partial charge in [0.1, 0.15) is 0 Å². The number of rotatable bonds is 4. The van der Waals surface area contributed by atoms with E-state index in [4.69, 9.17) is 4.74 Å². The van der Waals surface area contributed by atoms with Gasteiger partial charge in [0.05, 0.1) is 13.2 Å². The summed E-state index contributed by atoms with van der Waals surface area (Å²) >= 11 is 0. The highest BCUT2D eigenvalue weighted by molar-refractivity contribution is 5.95. The lowest BCUT2D eigenvalue weighted by molar-refractivity contribution is 0.0950. The van der Waals surface area contributed by atoms with E-state index < -0.39 is 0 Å². The third-order valence-electron chi connectivity index (χ3n) is 4.40. The summed E-state index contributed by atoms with van der Waals surface area (Å²) in [7, 11) is 0. The molecule has 0 radical (unpaired) electrons. The third-order valence-corrected chi connectivity index (χ3v) is 4.40. The molecule has 0 bridgehead atoms. The fourth-order valence-corrected chi connectivity index (χ4v) is 2.90. The molecule has 1 aliphatic rings. The molecular weight excluding hydrogens is 300 g/mol. The van der Waals surface area contributed by atoms with Crippen LogP contribution in [0.25, 0.3) is 0 Å². The molecule has 1 amide bonds. The van der Waals surface area contributed by atoms with Crippen LogP contribution < -0.4 is 10.2 Å². The zero-order valence-corrected chi connectivity index (χ0v) is 14.3. The zero-order valence-electron chi connectivity index (χ0n) is 14.3. The molecule has 0 aromatic heterocycles. The summed E-state index contributed by atoms with van der Waals surface area (Å²) in [5, 5.41) is 3.01. The maximum Gasteiger partial charge on any atom is 0.251 e. The molecule has 1 fully saturated rings. The molecule has 1 aliphatic heterocycles.